The highest BCUT2D eigenvalue weighted by molar-refractivity contribution is 5.05. The lowest BCUT2D eigenvalue weighted by molar-refractivity contribution is -0.217. The molecule has 1 N–H and O–H groups in total. The zero-order valence-corrected chi connectivity index (χ0v) is 12.3. The Morgan fingerprint density at radius 1 is 0.789 bits per heavy atom. The third-order valence-electron chi connectivity index (χ3n) is 5.94. The van der Waals surface area contributed by atoms with Crippen molar-refractivity contribution in [2.24, 2.45) is 5.41 Å². The van der Waals surface area contributed by atoms with E-state index >= 15 is 0 Å². The fourth-order valence-electron chi connectivity index (χ4n) is 4.57. The first-order valence-electron chi connectivity index (χ1n) is 8.65. The Hall–Kier alpha value is -0.0800. The van der Waals surface area contributed by atoms with E-state index in [9.17, 15) is 5.11 Å². The van der Waals surface area contributed by atoms with Crippen LogP contribution in [0.5, 0.6) is 0 Å². The van der Waals surface area contributed by atoms with Gasteiger partial charge in [0.2, 0.25) is 0 Å². The Morgan fingerprint density at radius 3 is 1.95 bits per heavy atom. The van der Waals surface area contributed by atoms with Gasteiger partial charge in [0.15, 0.2) is 0 Å². The quantitative estimate of drug-likeness (QED) is 0.759. The fourth-order valence-corrected chi connectivity index (χ4v) is 4.57. The lowest BCUT2D eigenvalue weighted by Gasteiger charge is -2.54. The first-order chi connectivity index (χ1) is 9.31. The van der Waals surface area contributed by atoms with Crippen LogP contribution in [0.1, 0.15) is 83.5 Å². The van der Waals surface area contributed by atoms with Gasteiger partial charge in [-0.1, -0.05) is 51.4 Å². The molecule has 0 aliphatic heterocycles. The predicted molar refractivity (Wildman–Crippen MR) is 77.1 cm³/mol. The molecule has 0 aromatic carbocycles. The summed E-state index contributed by atoms with van der Waals surface area (Å²) >= 11 is 0. The predicted octanol–water partition coefficient (Wildman–Crippen LogP) is 4.20. The van der Waals surface area contributed by atoms with Gasteiger partial charge in [-0.3, -0.25) is 0 Å². The smallest absolute Gasteiger partial charge is 0.0684 e. The molecule has 3 aliphatic carbocycles. The fraction of sp³-hybridized carbons (Fsp3) is 1.00. The van der Waals surface area contributed by atoms with Crippen molar-refractivity contribution in [3.8, 4) is 0 Å². The van der Waals surface area contributed by atoms with Crippen LogP contribution in [0.25, 0.3) is 0 Å². The van der Waals surface area contributed by atoms with Gasteiger partial charge in [-0.25, -0.2) is 0 Å². The molecule has 0 aromatic heterocycles. The van der Waals surface area contributed by atoms with Crippen LogP contribution < -0.4 is 0 Å². The molecule has 3 saturated carbocycles. The van der Waals surface area contributed by atoms with E-state index in [4.69, 9.17) is 4.74 Å². The third-order valence-corrected chi connectivity index (χ3v) is 5.94. The minimum absolute atomic E-state index is 0.0821. The molecule has 2 unspecified atom stereocenters. The van der Waals surface area contributed by atoms with Gasteiger partial charge in [-0.05, 0) is 25.7 Å². The van der Waals surface area contributed by atoms with Crippen molar-refractivity contribution in [3.63, 3.8) is 0 Å². The first kappa shape index (κ1) is 13.9. The molecule has 3 rings (SSSR count). The van der Waals surface area contributed by atoms with Gasteiger partial charge >= 0.3 is 0 Å². The molecular weight excluding hydrogens is 236 g/mol. The number of hydrogen-bond acceptors (Lipinski definition) is 2. The Bertz CT molecular complexity index is 273. The molecule has 0 saturated heterocycles. The highest BCUT2D eigenvalue weighted by Gasteiger charge is 2.55. The molecule has 2 heteroatoms. The van der Waals surface area contributed by atoms with Gasteiger partial charge in [0.25, 0.3) is 0 Å². The average molecular weight is 266 g/mol. The largest absolute Gasteiger partial charge is 0.392 e. The summed E-state index contributed by atoms with van der Waals surface area (Å²) in [5.74, 6) is 0. The topological polar surface area (TPSA) is 29.5 Å². The van der Waals surface area contributed by atoms with E-state index in [2.05, 4.69) is 0 Å². The number of aliphatic hydroxyl groups excluding tert-OH is 1. The molecule has 2 nitrogen and oxygen atoms in total. The lowest BCUT2D eigenvalue weighted by atomic mass is 9.59. The summed E-state index contributed by atoms with van der Waals surface area (Å²) < 4.78 is 6.47. The second-order valence-electron chi connectivity index (χ2n) is 7.14. The zero-order valence-electron chi connectivity index (χ0n) is 12.3. The zero-order chi connectivity index (χ0) is 13.1. The molecule has 0 bridgehead atoms. The van der Waals surface area contributed by atoms with Crippen LogP contribution in [0.4, 0.5) is 0 Å². The van der Waals surface area contributed by atoms with Crippen molar-refractivity contribution in [3.05, 3.63) is 0 Å². The summed E-state index contributed by atoms with van der Waals surface area (Å²) in [6.45, 7) is 0. The second kappa shape index (κ2) is 6.13. The summed E-state index contributed by atoms with van der Waals surface area (Å²) in [5.41, 5.74) is 0.142. The van der Waals surface area contributed by atoms with E-state index in [1.807, 2.05) is 0 Å². The van der Waals surface area contributed by atoms with E-state index in [0.29, 0.717) is 12.2 Å². The normalized spacial score (nSPS) is 36.5. The summed E-state index contributed by atoms with van der Waals surface area (Å²) in [6.07, 6.45) is 17.3. The molecule has 0 radical (unpaired) electrons. The first-order valence-corrected chi connectivity index (χ1v) is 8.65. The van der Waals surface area contributed by atoms with Crippen LogP contribution in [0.2, 0.25) is 0 Å². The van der Waals surface area contributed by atoms with Crippen molar-refractivity contribution in [1.82, 2.24) is 0 Å². The molecule has 19 heavy (non-hydrogen) atoms. The highest BCUT2D eigenvalue weighted by Crippen LogP contribution is 2.53. The van der Waals surface area contributed by atoms with Gasteiger partial charge in [0, 0.05) is 11.8 Å². The van der Waals surface area contributed by atoms with E-state index < -0.39 is 0 Å². The van der Waals surface area contributed by atoms with Gasteiger partial charge in [0.1, 0.15) is 0 Å². The maximum absolute atomic E-state index is 10.3. The van der Waals surface area contributed by atoms with Crippen LogP contribution in [-0.4, -0.2) is 23.4 Å². The molecule has 0 aromatic rings. The minimum Gasteiger partial charge on any atom is -0.392 e. The van der Waals surface area contributed by atoms with Gasteiger partial charge in [0.05, 0.1) is 18.3 Å². The van der Waals surface area contributed by atoms with Crippen molar-refractivity contribution in [1.29, 1.82) is 0 Å². The maximum atomic E-state index is 10.3. The molecule has 3 aliphatic rings. The second-order valence-corrected chi connectivity index (χ2v) is 7.14. The van der Waals surface area contributed by atoms with Crippen LogP contribution in [0.15, 0.2) is 0 Å². The van der Waals surface area contributed by atoms with Crippen LogP contribution in [-0.2, 0) is 4.74 Å². The van der Waals surface area contributed by atoms with Crippen molar-refractivity contribution >= 4 is 0 Å². The Kier molecular flexibility index (Phi) is 4.48. The Balaban J connectivity index is 1.60. The van der Waals surface area contributed by atoms with Gasteiger partial charge in [-0.15, -0.1) is 0 Å². The summed E-state index contributed by atoms with van der Waals surface area (Å²) in [7, 11) is 0. The molecule has 0 amide bonds. The summed E-state index contributed by atoms with van der Waals surface area (Å²) in [5, 5.41) is 10.3. The lowest BCUT2D eigenvalue weighted by Crippen LogP contribution is -2.58. The monoisotopic (exact) mass is 266 g/mol. The maximum Gasteiger partial charge on any atom is 0.0684 e. The van der Waals surface area contributed by atoms with E-state index in [-0.39, 0.29) is 11.5 Å². The van der Waals surface area contributed by atoms with Crippen LogP contribution in [0, 0.1) is 5.41 Å². The van der Waals surface area contributed by atoms with Crippen LogP contribution >= 0.6 is 0 Å². The number of rotatable bonds is 2. The van der Waals surface area contributed by atoms with Gasteiger partial charge in [-0.2, -0.15) is 0 Å². The standard InChI is InChI=1S/C17H30O2/c18-15-13-16(17(15)11-7-3-4-8-12-17)19-14-9-5-1-2-6-10-14/h14-16,18H,1-13H2. The molecular formula is C17H30O2. The molecule has 1 spiro atoms. The van der Waals surface area contributed by atoms with Crippen molar-refractivity contribution < 1.29 is 9.84 Å². The highest BCUT2D eigenvalue weighted by atomic mass is 16.5. The molecule has 2 atom stereocenters. The third kappa shape index (κ3) is 2.85. The average Bonchev–Trinajstić information content (AvgIpc) is 2.82. The van der Waals surface area contributed by atoms with E-state index in [0.717, 1.165) is 6.42 Å². The number of hydrogen-bond donors (Lipinski definition) is 1. The Morgan fingerprint density at radius 2 is 1.37 bits per heavy atom. The molecule has 3 fully saturated rings. The number of ether oxygens (including phenoxy) is 1. The van der Waals surface area contributed by atoms with Gasteiger partial charge < -0.3 is 9.84 Å². The molecule has 110 valence electrons. The van der Waals surface area contributed by atoms with Crippen LogP contribution in [0.3, 0.4) is 0 Å². The summed E-state index contributed by atoms with van der Waals surface area (Å²) in [4.78, 5) is 0. The van der Waals surface area contributed by atoms with E-state index in [1.165, 1.54) is 77.0 Å². The number of aliphatic hydroxyl groups is 1. The van der Waals surface area contributed by atoms with E-state index in [1.54, 1.807) is 0 Å². The van der Waals surface area contributed by atoms with Crippen molar-refractivity contribution in [2.75, 3.05) is 0 Å². The Labute approximate surface area is 117 Å². The SMILES string of the molecule is OC1CC(OC2CCCCCC2)C12CCCCCC2. The van der Waals surface area contributed by atoms with Crippen molar-refractivity contribution in [2.45, 2.75) is 102 Å². The summed E-state index contributed by atoms with van der Waals surface area (Å²) in [6, 6.07) is 0. The minimum atomic E-state index is -0.0821. The molecule has 0 heterocycles.